The van der Waals surface area contributed by atoms with Crippen LogP contribution in [0.25, 0.3) is 0 Å². The second-order valence-electron chi connectivity index (χ2n) is 11.0. The number of nitrogens with one attached hydrogen (secondary N) is 1. The number of anilines is 1. The molecule has 47 heavy (non-hydrogen) atoms. The molecule has 0 saturated carbocycles. The predicted octanol–water partition coefficient (Wildman–Crippen LogP) is 6.11. The summed E-state index contributed by atoms with van der Waals surface area (Å²) < 4.78 is 40.4. The first-order chi connectivity index (χ1) is 22.6. The summed E-state index contributed by atoms with van der Waals surface area (Å²) in [7, 11) is -1.39. The Labute approximate surface area is 282 Å². The molecule has 0 aliphatic rings. The molecule has 0 fully saturated rings. The Morgan fingerprint density at radius 2 is 1.47 bits per heavy atom. The van der Waals surface area contributed by atoms with Crippen LogP contribution in [0.1, 0.15) is 31.4 Å². The lowest BCUT2D eigenvalue weighted by Crippen LogP contribution is -2.54. The number of nitrogens with zero attached hydrogens (tertiary/aromatic N) is 2. The van der Waals surface area contributed by atoms with E-state index in [2.05, 4.69) is 5.32 Å². The first kappa shape index (κ1) is 35.3. The van der Waals surface area contributed by atoms with Gasteiger partial charge >= 0.3 is 0 Å². The van der Waals surface area contributed by atoms with Crippen molar-refractivity contribution in [1.82, 2.24) is 10.2 Å². The Morgan fingerprint density at radius 3 is 2.09 bits per heavy atom. The Hall–Kier alpha value is -4.54. The first-order valence-electron chi connectivity index (χ1n) is 15.2. The van der Waals surface area contributed by atoms with Gasteiger partial charge in [0, 0.05) is 24.0 Å². The van der Waals surface area contributed by atoms with E-state index in [1.807, 2.05) is 44.2 Å². The fourth-order valence-electron chi connectivity index (χ4n) is 5.01. The largest absolute Gasteiger partial charge is 0.497 e. The van der Waals surface area contributed by atoms with Crippen molar-refractivity contribution in [3.05, 3.63) is 119 Å². The molecule has 0 heterocycles. The van der Waals surface area contributed by atoms with Gasteiger partial charge in [-0.15, -0.1) is 0 Å². The number of ether oxygens (including phenoxy) is 2. The third-order valence-electron chi connectivity index (χ3n) is 7.82. The third kappa shape index (κ3) is 9.05. The summed E-state index contributed by atoms with van der Waals surface area (Å²) in [6.07, 6.45) is 0.902. The van der Waals surface area contributed by atoms with Crippen molar-refractivity contribution in [1.29, 1.82) is 0 Å². The maximum Gasteiger partial charge on any atom is 0.264 e. The van der Waals surface area contributed by atoms with Crippen molar-refractivity contribution in [3.8, 4) is 11.5 Å². The van der Waals surface area contributed by atoms with E-state index in [1.54, 1.807) is 48.5 Å². The lowest BCUT2D eigenvalue weighted by atomic mass is 10.0. The van der Waals surface area contributed by atoms with Crippen LogP contribution in [0, 0.1) is 0 Å². The van der Waals surface area contributed by atoms with E-state index in [0.29, 0.717) is 17.2 Å². The van der Waals surface area contributed by atoms with Gasteiger partial charge in [0.1, 0.15) is 24.1 Å². The molecule has 0 bridgehead atoms. The average Bonchev–Trinajstić information content (AvgIpc) is 3.09. The molecule has 0 saturated heterocycles. The van der Waals surface area contributed by atoms with Crippen LogP contribution in [0.15, 0.2) is 108 Å². The highest BCUT2D eigenvalue weighted by Crippen LogP contribution is 2.33. The van der Waals surface area contributed by atoms with E-state index >= 15 is 0 Å². The topological polar surface area (TPSA) is 105 Å². The number of sulfonamides is 1. The maximum atomic E-state index is 14.6. The van der Waals surface area contributed by atoms with Crippen LogP contribution in [-0.4, -0.2) is 58.0 Å². The van der Waals surface area contributed by atoms with E-state index in [9.17, 15) is 18.0 Å². The molecule has 0 spiro atoms. The summed E-state index contributed by atoms with van der Waals surface area (Å²) in [5.41, 5.74) is 1.74. The summed E-state index contributed by atoms with van der Waals surface area (Å²) in [6.45, 7) is 3.28. The zero-order valence-electron chi connectivity index (χ0n) is 26.9. The van der Waals surface area contributed by atoms with Gasteiger partial charge in [0.25, 0.3) is 10.0 Å². The zero-order valence-corrected chi connectivity index (χ0v) is 28.5. The Kier molecular flexibility index (Phi) is 12.3. The number of hydrogen-bond donors (Lipinski definition) is 1. The molecule has 0 radical (unpaired) electrons. The number of methoxy groups -OCH3 is 2. The molecule has 248 valence electrons. The number of benzene rings is 4. The maximum absolute atomic E-state index is 14.6. The van der Waals surface area contributed by atoms with E-state index in [0.717, 1.165) is 15.4 Å². The molecule has 2 amide bonds. The number of rotatable bonds is 15. The van der Waals surface area contributed by atoms with Crippen molar-refractivity contribution < 1.29 is 27.5 Å². The standard InChI is InChI=1S/C36H40ClN3O6S/c1-5-26(2)38-36(42)33(23-27-11-7-6-8-12-27)39(24-28-15-17-29(37)18-16-28)35(41)25-40(32-13-9-10-14-34(32)46-4)47(43,44)31-21-19-30(45-3)20-22-31/h6-22,26,33H,5,23-25H2,1-4H3,(H,38,42)/t26-,33+/m1/s1. The normalized spacial score (nSPS) is 12.4. The van der Waals surface area contributed by atoms with Crippen LogP contribution < -0.4 is 19.1 Å². The summed E-state index contributed by atoms with van der Waals surface area (Å²) in [4.78, 5) is 30.0. The number of para-hydroxylation sites is 2. The van der Waals surface area contributed by atoms with Crippen LogP contribution in [0.3, 0.4) is 0 Å². The van der Waals surface area contributed by atoms with Crippen molar-refractivity contribution in [2.75, 3.05) is 25.1 Å². The quantitative estimate of drug-likeness (QED) is 0.163. The average molecular weight is 678 g/mol. The molecule has 11 heteroatoms. The van der Waals surface area contributed by atoms with Crippen molar-refractivity contribution in [2.45, 2.75) is 50.2 Å². The van der Waals surface area contributed by atoms with Gasteiger partial charge in [-0.25, -0.2) is 8.42 Å². The lowest BCUT2D eigenvalue weighted by Gasteiger charge is -2.34. The Morgan fingerprint density at radius 1 is 0.830 bits per heavy atom. The predicted molar refractivity (Wildman–Crippen MR) is 184 cm³/mol. The van der Waals surface area contributed by atoms with Gasteiger partial charge in [-0.1, -0.05) is 73.1 Å². The SMILES string of the molecule is CC[C@@H](C)NC(=O)[C@H](Cc1ccccc1)N(Cc1ccc(Cl)cc1)C(=O)CN(c1ccccc1OC)S(=O)(=O)c1ccc(OC)cc1. The van der Waals surface area contributed by atoms with Crippen LogP contribution in [0.4, 0.5) is 5.69 Å². The van der Waals surface area contributed by atoms with Gasteiger partial charge < -0.3 is 19.7 Å². The molecule has 0 aliphatic carbocycles. The van der Waals surface area contributed by atoms with Gasteiger partial charge in [-0.05, 0) is 73.0 Å². The van der Waals surface area contributed by atoms with Crippen LogP contribution >= 0.6 is 11.6 Å². The molecule has 4 rings (SSSR count). The van der Waals surface area contributed by atoms with E-state index in [-0.39, 0.29) is 41.2 Å². The van der Waals surface area contributed by atoms with Crippen LogP contribution in [0.5, 0.6) is 11.5 Å². The molecule has 4 aromatic rings. The monoisotopic (exact) mass is 677 g/mol. The van der Waals surface area contributed by atoms with E-state index in [4.69, 9.17) is 21.1 Å². The van der Waals surface area contributed by atoms with Gasteiger partial charge in [0.15, 0.2) is 0 Å². The minimum Gasteiger partial charge on any atom is -0.497 e. The molecular weight excluding hydrogens is 638 g/mol. The summed E-state index contributed by atoms with van der Waals surface area (Å²) >= 11 is 6.16. The van der Waals surface area contributed by atoms with E-state index in [1.165, 1.54) is 43.4 Å². The van der Waals surface area contributed by atoms with Crippen molar-refractivity contribution in [3.63, 3.8) is 0 Å². The Balaban J connectivity index is 1.83. The van der Waals surface area contributed by atoms with Gasteiger partial charge in [0.2, 0.25) is 11.8 Å². The smallest absolute Gasteiger partial charge is 0.264 e. The summed E-state index contributed by atoms with van der Waals surface area (Å²) in [5.74, 6) is -0.179. The van der Waals surface area contributed by atoms with Crippen LogP contribution in [0.2, 0.25) is 5.02 Å². The highest BCUT2D eigenvalue weighted by atomic mass is 35.5. The summed E-state index contributed by atoms with van der Waals surface area (Å²) in [5, 5.41) is 3.56. The van der Waals surface area contributed by atoms with Gasteiger partial charge in [-0.3, -0.25) is 13.9 Å². The van der Waals surface area contributed by atoms with Crippen molar-refractivity contribution in [2.24, 2.45) is 0 Å². The highest BCUT2D eigenvalue weighted by molar-refractivity contribution is 7.92. The Bertz CT molecular complexity index is 1740. The number of carbonyl (C=O) groups excluding carboxylic acids is 2. The van der Waals surface area contributed by atoms with Gasteiger partial charge in [0.05, 0.1) is 24.8 Å². The zero-order chi connectivity index (χ0) is 34.0. The fourth-order valence-corrected chi connectivity index (χ4v) is 6.56. The molecule has 9 nitrogen and oxygen atoms in total. The minimum absolute atomic E-state index is 0.0315. The molecule has 1 N–H and O–H groups in total. The van der Waals surface area contributed by atoms with Crippen molar-refractivity contribution >= 4 is 39.1 Å². The molecule has 0 unspecified atom stereocenters. The fraction of sp³-hybridized carbons (Fsp3) is 0.278. The number of hydrogen-bond acceptors (Lipinski definition) is 6. The number of carbonyl (C=O) groups is 2. The molecule has 0 aromatic heterocycles. The third-order valence-corrected chi connectivity index (χ3v) is 9.84. The van der Waals surface area contributed by atoms with Gasteiger partial charge in [-0.2, -0.15) is 0 Å². The van der Waals surface area contributed by atoms with Crippen LogP contribution in [-0.2, 0) is 32.6 Å². The number of halogens is 1. The molecule has 2 atom stereocenters. The first-order valence-corrected chi connectivity index (χ1v) is 17.1. The second kappa shape index (κ2) is 16.3. The minimum atomic E-state index is -4.31. The molecule has 0 aliphatic heterocycles. The molecule has 4 aromatic carbocycles. The highest BCUT2D eigenvalue weighted by Gasteiger charge is 2.35. The number of amides is 2. The van der Waals surface area contributed by atoms with E-state index < -0.39 is 28.5 Å². The molecular formula is C36H40ClN3O6S. The lowest BCUT2D eigenvalue weighted by molar-refractivity contribution is -0.140. The second-order valence-corrected chi connectivity index (χ2v) is 13.3. The summed E-state index contributed by atoms with van der Waals surface area (Å²) in [6, 6.07) is 27.8.